The molecule has 0 bridgehead atoms. The summed E-state index contributed by atoms with van der Waals surface area (Å²) in [5, 5.41) is 0. The molecule has 0 amide bonds. The lowest BCUT2D eigenvalue weighted by Gasteiger charge is -2.10. The Kier molecular flexibility index (Phi) is 6.36. The summed E-state index contributed by atoms with van der Waals surface area (Å²) in [6.07, 6.45) is 2.13. The van der Waals surface area contributed by atoms with Gasteiger partial charge in [0, 0.05) is 12.3 Å². The van der Waals surface area contributed by atoms with Crippen molar-refractivity contribution in [1.82, 2.24) is 0 Å². The molecule has 0 saturated carbocycles. The van der Waals surface area contributed by atoms with Gasteiger partial charge in [-0.15, -0.1) is 0 Å². The average molecular weight is 265 g/mol. The molecule has 0 radical (unpaired) electrons. The predicted octanol–water partition coefficient (Wildman–Crippen LogP) is 2.86. The van der Waals surface area contributed by atoms with Crippen LogP contribution in [0.1, 0.15) is 41.3 Å². The molecule has 0 heterocycles. The van der Waals surface area contributed by atoms with Crippen LogP contribution in [0.3, 0.4) is 0 Å². The molecule has 0 aromatic heterocycles. The number of unbranched alkanes of at least 4 members (excludes halogenated alkanes) is 1. The number of ether oxygens (including phenoxy) is 2. The summed E-state index contributed by atoms with van der Waals surface area (Å²) in [5.74, 6) is -0.344. The van der Waals surface area contributed by atoms with Gasteiger partial charge in [0.2, 0.25) is 0 Å². The van der Waals surface area contributed by atoms with Crippen LogP contribution in [-0.2, 0) is 9.47 Å². The lowest BCUT2D eigenvalue weighted by Crippen LogP contribution is -2.13. The van der Waals surface area contributed by atoms with E-state index >= 15 is 0 Å². The number of carbonyl (C=O) groups is 1. The number of nitrogen functional groups attached to an aromatic ring is 1. The Labute approximate surface area is 114 Å². The third kappa shape index (κ3) is 4.91. The van der Waals surface area contributed by atoms with Crippen molar-refractivity contribution >= 4 is 11.7 Å². The third-order valence-corrected chi connectivity index (χ3v) is 2.94. The van der Waals surface area contributed by atoms with Gasteiger partial charge in [0.1, 0.15) is 6.61 Å². The number of hydrogen-bond acceptors (Lipinski definition) is 4. The molecule has 0 fully saturated rings. The van der Waals surface area contributed by atoms with Crippen molar-refractivity contribution in [3.05, 3.63) is 28.8 Å². The highest BCUT2D eigenvalue weighted by Gasteiger charge is 2.12. The molecule has 0 atom stereocenters. The standard InChI is InChI=1S/C15H23NO3/c1-4-5-6-18-7-8-19-15(17)13-10-14(16)12(3)9-11(13)2/h9-10H,4-8,16H2,1-3H3. The normalized spacial score (nSPS) is 10.5. The van der Waals surface area contributed by atoms with E-state index in [1.807, 2.05) is 19.9 Å². The minimum absolute atomic E-state index is 0.274. The monoisotopic (exact) mass is 265 g/mol. The molecule has 19 heavy (non-hydrogen) atoms. The van der Waals surface area contributed by atoms with Crippen molar-refractivity contribution in [3.8, 4) is 0 Å². The number of hydrogen-bond donors (Lipinski definition) is 1. The van der Waals surface area contributed by atoms with Gasteiger partial charge in [0.25, 0.3) is 0 Å². The first kappa shape index (κ1) is 15.5. The van der Waals surface area contributed by atoms with E-state index in [0.29, 0.717) is 24.5 Å². The van der Waals surface area contributed by atoms with Crippen LogP contribution in [0.4, 0.5) is 5.69 Å². The molecule has 0 saturated heterocycles. The van der Waals surface area contributed by atoms with E-state index in [4.69, 9.17) is 15.2 Å². The van der Waals surface area contributed by atoms with E-state index < -0.39 is 0 Å². The lowest BCUT2D eigenvalue weighted by molar-refractivity contribution is 0.0313. The van der Waals surface area contributed by atoms with Crippen LogP contribution in [-0.4, -0.2) is 25.8 Å². The molecule has 4 heteroatoms. The molecule has 1 aromatic rings. The summed E-state index contributed by atoms with van der Waals surface area (Å²) in [4.78, 5) is 11.9. The smallest absolute Gasteiger partial charge is 0.338 e. The second kappa shape index (κ2) is 7.79. The number of aryl methyl sites for hydroxylation is 2. The van der Waals surface area contributed by atoms with Gasteiger partial charge in [-0.3, -0.25) is 0 Å². The number of rotatable bonds is 7. The molecular weight excluding hydrogens is 242 g/mol. The number of esters is 1. The van der Waals surface area contributed by atoms with Crippen LogP contribution in [0.2, 0.25) is 0 Å². The van der Waals surface area contributed by atoms with Crippen LogP contribution < -0.4 is 5.73 Å². The zero-order valence-electron chi connectivity index (χ0n) is 12.0. The Morgan fingerprint density at radius 1 is 1.16 bits per heavy atom. The molecule has 0 aliphatic carbocycles. The molecule has 1 aromatic carbocycles. The van der Waals surface area contributed by atoms with Crippen LogP contribution in [0, 0.1) is 13.8 Å². The lowest BCUT2D eigenvalue weighted by atomic mass is 10.0. The third-order valence-electron chi connectivity index (χ3n) is 2.94. The van der Waals surface area contributed by atoms with Crippen molar-refractivity contribution < 1.29 is 14.3 Å². The van der Waals surface area contributed by atoms with Crippen LogP contribution >= 0.6 is 0 Å². The van der Waals surface area contributed by atoms with E-state index in [2.05, 4.69) is 6.92 Å². The largest absolute Gasteiger partial charge is 0.460 e. The summed E-state index contributed by atoms with van der Waals surface area (Å²) in [7, 11) is 0. The van der Waals surface area contributed by atoms with Crippen molar-refractivity contribution in [1.29, 1.82) is 0 Å². The van der Waals surface area contributed by atoms with Gasteiger partial charge in [-0.25, -0.2) is 4.79 Å². The molecule has 2 N–H and O–H groups in total. The number of anilines is 1. The SMILES string of the molecule is CCCCOCCOC(=O)c1cc(N)c(C)cc1C. The molecule has 4 nitrogen and oxygen atoms in total. The fourth-order valence-corrected chi connectivity index (χ4v) is 1.71. The first-order valence-corrected chi connectivity index (χ1v) is 6.67. The zero-order valence-corrected chi connectivity index (χ0v) is 12.0. The Balaban J connectivity index is 2.43. The second-order valence-electron chi connectivity index (χ2n) is 4.63. The van der Waals surface area contributed by atoms with Gasteiger partial charge >= 0.3 is 5.97 Å². The molecule has 0 aliphatic heterocycles. The Morgan fingerprint density at radius 2 is 1.89 bits per heavy atom. The molecule has 0 aliphatic rings. The Bertz CT molecular complexity index is 430. The van der Waals surface area contributed by atoms with Gasteiger partial charge in [0.05, 0.1) is 12.2 Å². The van der Waals surface area contributed by atoms with Crippen molar-refractivity contribution in [3.63, 3.8) is 0 Å². The predicted molar refractivity (Wildman–Crippen MR) is 76.3 cm³/mol. The highest BCUT2D eigenvalue weighted by Crippen LogP contribution is 2.18. The maximum Gasteiger partial charge on any atom is 0.338 e. The molecular formula is C15H23NO3. The van der Waals surface area contributed by atoms with Crippen molar-refractivity contribution in [2.24, 2.45) is 0 Å². The van der Waals surface area contributed by atoms with E-state index in [9.17, 15) is 4.79 Å². The summed E-state index contributed by atoms with van der Waals surface area (Å²) in [5.41, 5.74) is 8.79. The Hall–Kier alpha value is -1.55. The topological polar surface area (TPSA) is 61.5 Å². The first-order chi connectivity index (χ1) is 9.06. The summed E-state index contributed by atoms with van der Waals surface area (Å²) >= 11 is 0. The van der Waals surface area contributed by atoms with E-state index in [0.717, 1.165) is 24.0 Å². The van der Waals surface area contributed by atoms with Crippen LogP contribution in [0.15, 0.2) is 12.1 Å². The maximum atomic E-state index is 11.9. The minimum atomic E-state index is -0.344. The molecule has 0 unspecified atom stereocenters. The Morgan fingerprint density at radius 3 is 2.58 bits per heavy atom. The van der Waals surface area contributed by atoms with Crippen molar-refractivity contribution in [2.75, 3.05) is 25.6 Å². The van der Waals surface area contributed by atoms with E-state index in [1.54, 1.807) is 6.07 Å². The van der Waals surface area contributed by atoms with Crippen LogP contribution in [0.5, 0.6) is 0 Å². The summed E-state index contributed by atoms with van der Waals surface area (Å²) < 4.78 is 10.5. The fourth-order valence-electron chi connectivity index (χ4n) is 1.71. The number of benzene rings is 1. The van der Waals surface area contributed by atoms with Crippen molar-refractivity contribution in [2.45, 2.75) is 33.6 Å². The quantitative estimate of drug-likeness (QED) is 0.468. The van der Waals surface area contributed by atoms with E-state index in [1.165, 1.54) is 0 Å². The molecule has 1 rings (SSSR count). The van der Waals surface area contributed by atoms with Crippen LogP contribution in [0.25, 0.3) is 0 Å². The highest BCUT2D eigenvalue weighted by atomic mass is 16.6. The molecule has 106 valence electrons. The number of nitrogens with two attached hydrogens (primary N) is 1. The average Bonchev–Trinajstić information content (AvgIpc) is 2.37. The van der Waals surface area contributed by atoms with E-state index in [-0.39, 0.29) is 12.6 Å². The van der Waals surface area contributed by atoms with Gasteiger partial charge < -0.3 is 15.2 Å². The summed E-state index contributed by atoms with van der Waals surface area (Å²) in [6.45, 7) is 7.32. The second-order valence-corrected chi connectivity index (χ2v) is 4.63. The maximum absolute atomic E-state index is 11.9. The van der Waals surface area contributed by atoms with Gasteiger partial charge in [-0.05, 0) is 37.5 Å². The van der Waals surface area contributed by atoms with Gasteiger partial charge in [-0.1, -0.05) is 19.4 Å². The zero-order chi connectivity index (χ0) is 14.3. The molecule has 0 spiro atoms. The number of carbonyl (C=O) groups excluding carboxylic acids is 1. The van der Waals surface area contributed by atoms with Gasteiger partial charge in [0.15, 0.2) is 0 Å². The minimum Gasteiger partial charge on any atom is -0.460 e. The summed E-state index contributed by atoms with van der Waals surface area (Å²) in [6, 6.07) is 3.56. The highest BCUT2D eigenvalue weighted by molar-refractivity contribution is 5.92. The fraction of sp³-hybridized carbons (Fsp3) is 0.533. The van der Waals surface area contributed by atoms with Gasteiger partial charge in [-0.2, -0.15) is 0 Å². The first-order valence-electron chi connectivity index (χ1n) is 6.67.